The van der Waals surface area contributed by atoms with Crippen LogP contribution in [-0.4, -0.2) is 34.1 Å². The molecule has 3 N–H and O–H groups in total. The zero-order valence-corrected chi connectivity index (χ0v) is 14.1. The second-order valence-electron chi connectivity index (χ2n) is 4.63. The van der Waals surface area contributed by atoms with E-state index in [0.29, 0.717) is 0 Å². The number of rotatable bonds is 5. The Hall–Kier alpha value is -1.48. The highest BCUT2D eigenvalue weighted by atomic mass is 79.9. The van der Waals surface area contributed by atoms with Crippen LogP contribution in [0.4, 0.5) is 0 Å². The number of carbonyl (C=O) groups excluding carboxylic acids is 1. The van der Waals surface area contributed by atoms with Gasteiger partial charge in [0.05, 0.1) is 12.0 Å². The highest BCUT2D eigenvalue weighted by Gasteiger charge is 2.19. The quantitative estimate of drug-likeness (QED) is 0.756. The smallest absolute Gasteiger partial charge is 0.324 e. The first-order valence-electron chi connectivity index (χ1n) is 6.36. The summed E-state index contributed by atoms with van der Waals surface area (Å²) in [6.45, 7) is -0.229. The molecule has 0 aliphatic carbocycles. The summed E-state index contributed by atoms with van der Waals surface area (Å²) in [5.41, 5.74) is 5.51. The molecular formula is C14H15BrN2O4S. The fraction of sp³-hybridized carbons (Fsp3) is 0.214. The van der Waals surface area contributed by atoms with Crippen LogP contribution in [0.5, 0.6) is 0 Å². The van der Waals surface area contributed by atoms with Gasteiger partial charge in [-0.3, -0.25) is 4.79 Å². The lowest BCUT2D eigenvalue weighted by atomic mass is 10.1. The number of hydrogen-bond donors (Lipinski definition) is 2. The first-order chi connectivity index (χ1) is 10.3. The van der Waals surface area contributed by atoms with E-state index in [0.717, 1.165) is 15.2 Å². The summed E-state index contributed by atoms with van der Waals surface area (Å²) >= 11 is 3.36. The molecule has 0 aliphatic heterocycles. The SMILES string of the molecule is COC(=O)C(N)CNS(=O)(=O)c1ccc2cc(Br)ccc2c1. The fourth-order valence-corrected chi connectivity index (χ4v) is 3.35. The standard InChI is InChI=1S/C14H15BrN2O4S/c1-21-14(18)13(16)8-17-22(19,20)12-5-3-9-6-11(15)4-2-10(9)7-12/h2-7,13,17H,8,16H2,1H3. The van der Waals surface area contributed by atoms with Crippen LogP contribution >= 0.6 is 15.9 Å². The van der Waals surface area contributed by atoms with Crippen molar-refractivity contribution in [2.75, 3.05) is 13.7 Å². The molecule has 8 heteroatoms. The molecule has 0 fully saturated rings. The minimum absolute atomic E-state index is 0.111. The molecule has 2 rings (SSSR count). The molecule has 1 atom stereocenters. The molecule has 0 aromatic heterocycles. The number of hydrogen-bond acceptors (Lipinski definition) is 5. The van der Waals surface area contributed by atoms with Crippen LogP contribution in [0.3, 0.4) is 0 Å². The van der Waals surface area contributed by atoms with Crippen LogP contribution in [0.15, 0.2) is 45.8 Å². The Morgan fingerprint density at radius 3 is 2.59 bits per heavy atom. The molecule has 0 saturated heterocycles. The number of fused-ring (bicyclic) bond motifs is 1. The molecule has 1 unspecified atom stereocenters. The Morgan fingerprint density at radius 1 is 1.27 bits per heavy atom. The average molecular weight is 387 g/mol. The van der Waals surface area contributed by atoms with Crippen molar-refractivity contribution in [3.63, 3.8) is 0 Å². The van der Waals surface area contributed by atoms with Crippen molar-refractivity contribution in [1.82, 2.24) is 4.72 Å². The molecule has 0 amide bonds. The minimum Gasteiger partial charge on any atom is -0.468 e. The summed E-state index contributed by atoms with van der Waals surface area (Å²) in [4.78, 5) is 11.3. The second-order valence-corrected chi connectivity index (χ2v) is 7.32. The van der Waals surface area contributed by atoms with Crippen LogP contribution in [-0.2, 0) is 19.6 Å². The Morgan fingerprint density at radius 2 is 1.91 bits per heavy atom. The van der Waals surface area contributed by atoms with E-state index in [4.69, 9.17) is 5.73 Å². The zero-order valence-electron chi connectivity index (χ0n) is 11.7. The van der Waals surface area contributed by atoms with Gasteiger partial charge in [0.25, 0.3) is 0 Å². The Bertz CT molecular complexity index is 808. The van der Waals surface area contributed by atoms with Gasteiger partial charge in [0.1, 0.15) is 6.04 Å². The van der Waals surface area contributed by atoms with Crippen LogP contribution in [0.2, 0.25) is 0 Å². The molecule has 22 heavy (non-hydrogen) atoms. The molecule has 0 spiro atoms. The number of methoxy groups -OCH3 is 1. The molecule has 0 bridgehead atoms. The maximum Gasteiger partial charge on any atom is 0.324 e. The van der Waals surface area contributed by atoms with E-state index < -0.39 is 22.0 Å². The maximum atomic E-state index is 12.2. The number of ether oxygens (including phenoxy) is 1. The van der Waals surface area contributed by atoms with Gasteiger partial charge in [0.15, 0.2) is 0 Å². The first-order valence-corrected chi connectivity index (χ1v) is 8.63. The number of nitrogens with one attached hydrogen (secondary N) is 1. The molecule has 0 saturated carbocycles. The third-order valence-corrected chi connectivity index (χ3v) is 5.00. The highest BCUT2D eigenvalue weighted by Crippen LogP contribution is 2.22. The predicted octanol–water partition coefficient (Wildman–Crippen LogP) is 1.38. The summed E-state index contributed by atoms with van der Waals surface area (Å²) in [6.07, 6.45) is 0. The zero-order chi connectivity index (χ0) is 16.3. The van der Waals surface area contributed by atoms with Crippen molar-refractivity contribution < 1.29 is 17.9 Å². The number of nitrogens with two attached hydrogens (primary N) is 1. The third kappa shape index (κ3) is 3.83. The van der Waals surface area contributed by atoms with E-state index in [2.05, 4.69) is 25.4 Å². The topological polar surface area (TPSA) is 98.5 Å². The van der Waals surface area contributed by atoms with E-state index in [9.17, 15) is 13.2 Å². The highest BCUT2D eigenvalue weighted by molar-refractivity contribution is 9.10. The van der Waals surface area contributed by atoms with Crippen LogP contribution in [0, 0.1) is 0 Å². The number of sulfonamides is 1. The van der Waals surface area contributed by atoms with Gasteiger partial charge < -0.3 is 10.5 Å². The summed E-state index contributed by atoms with van der Waals surface area (Å²) < 4.78 is 32.1. The lowest BCUT2D eigenvalue weighted by Crippen LogP contribution is -2.43. The fourth-order valence-electron chi connectivity index (χ4n) is 1.88. The minimum atomic E-state index is -3.75. The van der Waals surface area contributed by atoms with Crippen LogP contribution in [0.25, 0.3) is 10.8 Å². The Balaban J connectivity index is 2.22. The van der Waals surface area contributed by atoms with E-state index in [1.807, 2.05) is 18.2 Å². The van der Waals surface area contributed by atoms with Crippen molar-refractivity contribution in [3.05, 3.63) is 40.9 Å². The van der Waals surface area contributed by atoms with Crippen molar-refractivity contribution in [1.29, 1.82) is 0 Å². The maximum absolute atomic E-state index is 12.2. The normalized spacial score (nSPS) is 13.0. The monoisotopic (exact) mass is 386 g/mol. The molecule has 2 aromatic carbocycles. The van der Waals surface area contributed by atoms with Crippen molar-refractivity contribution in [2.24, 2.45) is 5.73 Å². The molecule has 2 aromatic rings. The number of carbonyl (C=O) groups is 1. The molecule has 0 radical (unpaired) electrons. The third-order valence-electron chi connectivity index (χ3n) is 3.08. The molecule has 6 nitrogen and oxygen atoms in total. The van der Waals surface area contributed by atoms with Gasteiger partial charge in [-0.05, 0) is 35.0 Å². The van der Waals surface area contributed by atoms with Gasteiger partial charge >= 0.3 is 5.97 Å². The van der Waals surface area contributed by atoms with E-state index in [-0.39, 0.29) is 11.4 Å². The number of esters is 1. The van der Waals surface area contributed by atoms with Crippen molar-refractivity contribution >= 4 is 42.7 Å². The molecule has 0 aliphatic rings. The van der Waals surface area contributed by atoms with Crippen molar-refractivity contribution in [3.8, 4) is 0 Å². The average Bonchev–Trinajstić information content (AvgIpc) is 2.51. The van der Waals surface area contributed by atoms with Gasteiger partial charge in [-0.1, -0.05) is 28.1 Å². The van der Waals surface area contributed by atoms with E-state index in [1.54, 1.807) is 12.1 Å². The molecule has 0 heterocycles. The van der Waals surface area contributed by atoms with Gasteiger partial charge in [0.2, 0.25) is 10.0 Å². The summed E-state index contributed by atoms with van der Waals surface area (Å²) in [5, 5.41) is 1.71. The summed E-state index contributed by atoms with van der Waals surface area (Å²) in [5.74, 6) is -0.675. The molecular weight excluding hydrogens is 372 g/mol. The summed E-state index contributed by atoms with van der Waals surface area (Å²) in [6, 6.07) is 9.28. The predicted molar refractivity (Wildman–Crippen MR) is 86.8 cm³/mol. The van der Waals surface area contributed by atoms with Gasteiger partial charge in [0, 0.05) is 11.0 Å². The first kappa shape index (κ1) is 16.9. The van der Waals surface area contributed by atoms with Gasteiger partial charge in [-0.25, -0.2) is 13.1 Å². The number of benzene rings is 2. The largest absolute Gasteiger partial charge is 0.468 e. The summed E-state index contributed by atoms with van der Waals surface area (Å²) in [7, 11) is -2.56. The van der Waals surface area contributed by atoms with Crippen LogP contribution < -0.4 is 10.5 Å². The Labute approximate surface area is 136 Å². The Kier molecular flexibility index (Phi) is 5.17. The molecule has 118 valence electrons. The second kappa shape index (κ2) is 6.74. The van der Waals surface area contributed by atoms with Crippen molar-refractivity contribution in [2.45, 2.75) is 10.9 Å². The lowest BCUT2D eigenvalue weighted by molar-refractivity contribution is -0.141. The van der Waals surface area contributed by atoms with Gasteiger partial charge in [-0.2, -0.15) is 0 Å². The van der Waals surface area contributed by atoms with Crippen LogP contribution in [0.1, 0.15) is 0 Å². The lowest BCUT2D eigenvalue weighted by Gasteiger charge is -2.11. The number of halogens is 1. The van der Waals surface area contributed by atoms with Gasteiger partial charge in [-0.15, -0.1) is 0 Å². The van der Waals surface area contributed by atoms with E-state index in [1.165, 1.54) is 13.2 Å². The van der Waals surface area contributed by atoms with E-state index >= 15 is 0 Å².